The zero-order valence-corrected chi connectivity index (χ0v) is 19.1. The van der Waals surface area contributed by atoms with Crippen LogP contribution in [0.2, 0.25) is 0 Å². The van der Waals surface area contributed by atoms with E-state index in [1.165, 1.54) is 29.2 Å². The van der Waals surface area contributed by atoms with Gasteiger partial charge in [-0.15, -0.1) is 0 Å². The van der Waals surface area contributed by atoms with Crippen LogP contribution in [-0.4, -0.2) is 35.8 Å². The van der Waals surface area contributed by atoms with E-state index in [1.54, 1.807) is 30.3 Å². The maximum atomic E-state index is 14.0. The fraction of sp³-hybridized carbons (Fsp3) is 0.222. The van der Waals surface area contributed by atoms with E-state index < -0.39 is 47.3 Å². The van der Waals surface area contributed by atoms with Crippen LogP contribution in [0.3, 0.4) is 0 Å². The predicted octanol–water partition coefficient (Wildman–Crippen LogP) is 4.88. The molecule has 0 bridgehead atoms. The van der Waals surface area contributed by atoms with E-state index in [1.807, 2.05) is 0 Å². The third-order valence-corrected chi connectivity index (χ3v) is 5.96. The van der Waals surface area contributed by atoms with Crippen molar-refractivity contribution in [2.45, 2.75) is 18.9 Å². The van der Waals surface area contributed by atoms with Crippen LogP contribution in [0.15, 0.2) is 72.8 Å². The number of amides is 2. The summed E-state index contributed by atoms with van der Waals surface area (Å²) in [7, 11) is 0. The maximum Gasteiger partial charge on any atom is 0.310 e. The van der Waals surface area contributed by atoms with Gasteiger partial charge in [-0.1, -0.05) is 30.3 Å². The summed E-state index contributed by atoms with van der Waals surface area (Å²) in [5, 5.41) is 2.63. The molecule has 1 saturated heterocycles. The normalized spacial score (nSPS) is 14.7. The minimum Gasteiger partial charge on any atom is -0.447 e. The van der Waals surface area contributed by atoms with E-state index in [0.717, 1.165) is 12.1 Å². The molecule has 2 amide bonds. The number of piperidine rings is 1. The maximum absolute atomic E-state index is 14.0. The number of likely N-dealkylation sites (tertiary alicyclic amines) is 1. The second-order valence-corrected chi connectivity index (χ2v) is 8.41. The fourth-order valence-corrected chi connectivity index (χ4v) is 4.01. The van der Waals surface area contributed by atoms with Gasteiger partial charge in [0.2, 0.25) is 6.10 Å². The average Bonchev–Trinajstić information content (AvgIpc) is 2.88. The molecule has 1 aliphatic heterocycles. The molecule has 0 radical (unpaired) electrons. The quantitative estimate of drug-likeness (QED) is 0.494. The minimum atomic E-state index is -1.24. The van der Waals surface area contributed by atoms with Crippen LogP contribution in [0.25, 0.3) is 0 Å². The number of ether oxygens (including phenoxy) is 1. The van der Waals surface area contributed by atoms with Crippen molar-refractivity contribution in [2.24, 2.45) is 5.92 Å². The van der Waals surface area contributed by atoms with Gasteiger partial charge in [-0.25, -0.2) is 13.2 Å². The topological polar surface area (TPSA) is 75.7 Å². The summed E-state index contributed by atoms with van der Waals surface area (Å²) in [6.45, 7) is 0.348. The van der Waals surface area contributed by atoms with Gasteiger partial charge in [0.05, 0.1) is 11.5 Å². The lowest BCUT2D eigenvalue weighted by Gasteiger charge is -2.31. The lowest BCUT2D eigenvalue weighted by Crippen LogP contribution is -2.41. The first-order chi connectivity index (χ1) is 17.3. The lowest BCUT2D eigenvalue weighted by molar-refractivity contribution is -0.160. The molecule has 9 heteroatoms. The van der Waals surface area contributed by atoms with Gasteiger partial charge in [0, 0.05) is 30.4 Å². The second-order valence-electron chi connectivity index (χ2n) is 8.41. The molecule has 1 fully saturated rings. The van der Waals surface area contributed by atoms with Crippen LogP contribution < -0.4 is 5.32 Å². The van der Waals surface area contributed by atoms with Crippen molar-refractivity contribution < 1.29 is 32.3 Å². The van der Waals surface area contributed by atoms with Crippen molar-refractivity contribution in [1.29, 1.82) is 0 Å². The molecule has 186 valence electrons. The number of nitrogens with zero attached hydrogens (tertiary/aromatic N) is 1. The number of carbonyl (C=O) groups excluding carboxylic acids is 3. The van der Waals surface area contributed by atoms with Gasteiger partial charge in [-0.05, 0) is 49.2 Å². The summed E-state index contributed by atoms with van der Waals surface area (Å²) in [5.41, 5.74) is 0.571. The highest BCUT2D eigenvalue weighted by molar-refractivity contribution is 5.96. The summed E-state index contributed by atoms with van der Waals surface area (Å²) >= 11 is 0. The van der Waals surface area contributed by atoms with E-state index in [9.17, 15) is 27.6 Å². The smallest absolute Gasteiger partial charge is 0.310 e. The molecule has 1 N–H and O–H groups in total. The molecule has 1 atom stereocenters. The van der Waals surface area contributed by atoms with Gasteiger partial charge in [0.1, 0.15) is 17.5 Å². The standard InChI is InChI=1S/C27H23F3N2O4/c28-19-6-9-21(10-7-19)31-25(33)24(17-4-2-1-3-5-17)36-27(35)18-12-14-32(15-13-18)26(34)22-11-8-20(29)16-23(22)30/h1-11,16,18,24H,12-15H2,(H,31,33). The first-order valence-electron chi connectivity index (χ1n) is 11.4. The molecule has 0 aromatic heterocycles. The number of hydrogen-bond acceptors (Lipinski definition) is 4. The monoisotopic (exact) mass is 496 g/mol. The Balaban J connectivity index is 1.41. The van der Waals surface area contributed by atoms with Crippen LogP contribution in [-0.2, 0) is 14.3 Å². The van der Waals surface area contributed by atoms with Gasteiger partial charge < -0.3 is 15.0 Å². The molecule has 3 aromatic carbocycles. The molecule has 3 aromatic rings. The SMILES string of the molecule is O=C(OC(C(=O)Nc1ccc(F)cc1)c1ccccc1)C1CCN(C(=O)c2ccc(F)cc2F)CC1. The van der Waals surface area contributed by atoms with Crippen LogP contribution in [0.5, 0.6) is 0 Å². The van der Waals surface area contributed by atoms with E-state index >= 15 is 0 Å². The zero-order valence-electron chi connectivity index (χ0n) is 19.1. The summed E-state index contributed by atoms with van der Waals surface area (Å²) < 4.78 is 46.0. The summed E-state index contributed by atoms with van der Waals surface area (Å²) in [5.74, 6) is -4.52. The second kappa shape index (κ2) is 11.1. The number of esters is 1. The molecule has 1 aliphatic rings. The molecule has 1 heterocycles. The third-order valence-electron chi connectivity index (χ3n) is 5.96. The number of anilines is 1. The molecule has 0 aliphatic carbocycles. The highest BCUT2D eigenvalue weighted by Gasteiger charge is 2.33. The van der Waals surface area contributed by atoms with Gasteiger partial charge in [-0.3, -0.25) is 14.4 Å². The van der Waals surface area contributed by atoms with Crippen molar-refractivity contribution in [3.63, 3.8) is 0 Å². The van der Waals surface area contributed by atoms with Gasteiger partial charge in [-0.2, -0.15) is 0 Å². The molecule has 1 unspecified atom stereocenters. The number of halogens is 3. The lowest BCUT2D eigenvalue weighted by atomic mass is 9.96. The van der Waals surface area contributed by atoms with E-state index in [0.29, 0.717) is 17.3 Å². The molecule has 4 rings (SSSR count). The highest BCUT2D eigenvalue weighted by atomic mass is 19.1. The highest BCUT2D eigenvalue weighted by Crippen LogP contribution is 2.26. The zero-order chi connectivity index (χ0) is 25.7. The largest absolute Gasteiger partial charge is 0.447 e. The van der Waals surface area contributed by atoms with Crippen molar-refractivity contribution in [1.82, 2.24) is 4.90 Å². The Morgan fingerprint density at radius 1 is 0.861 bits per heavy atom. The van der Waals surface area contributed by atoms with Crippen LogP contribution in [0, 0.1) is 23.4 Å². The van der Waals surface area contributed by atoms with Crippen LogP contribution in [0.4, 0.5) is 18.9 Å². The third kappa shape index (κ3) is 5.91. The fourth-order valence-electron chi connectivity index (χ4n) is 4.01. The van der Waals surface area contributed by atoms with E-state index in [-0.39, 0.29) is 31.5 Å². The Kier molecular flexibility index (Phi) is 7.68. The van der Waals surface area contributed by atoms with Crippen molar-refractivity contribution in [3.8, 4) is 0 Å². The number of rotatable bonds is 6. The van der Waals surface area contributed by atoms with Crippen molar-refractivity contribution in [2.75, 3.05) is 18.4 Å². The average molecular weight is 496 g/mol. The molecule has 0 spiro atoms. The Bertz CT molecular complexity index is 1240. The Morgan fingerprint density at radius 2 is 1.50 bits per heavy atom. The molecule has 36 heavy (non-hydrogen) atoms. The Hall–Kier alpha value is -4.14. The molecular formula is C27H23F3N2O4. The first-order valence-corrected chi connectivity index (χ1v) is 11.4. The van der Waals surface area contributed by atoms with Gasteiger partial charge in [0.15, 0.2) is 0 Å². The van der Waals surface area contributed by atoms with Crippen LogP contribution >= 0.6 is 0 Å². The number of carbonyl (C=O) groups is 3. The van der Waals surface area contributed by atoms with E-state index in [4.69, 9.17) is 4.74 Å². The Morgan fingerprint density at radius 3 is 2.14 bits per heavy atom. The molecule has 6 nitrogen and oxygen atoms in total. The van der Waals surface area contributed by atoms with Gasteiger partial charge in [0.25, 0.3) is 11.8 Å². The predicted molar refractivity (Wildman–Crippen MR) is 125 cm³/mol. The number of hydrogen-bond donors (Lipinski definition) is 1. The molecular weight excluding hydrogens is 473 g/mol. The van der Waals surface area contributed by atoms with Gasteiger partial charge >= 0.3 is 5.97 Å². The summed E-state index contributed by atoms with van der Waals surface area (Å²) in [6, 6.07) is 16.4. The van der Waals surface area contributed by atoms with Crippen molar-refractivity contribution in [3.05, 3.63) is 101 Å². The molecule has 0 saturated carbocycles. The van der Waals surface area contributed by atoms with E-state index in [2.05, 4.69) is 5.32 Å². The minimum absolute atomic E-state index is 0.174. The summed E-state index contributed by atoms with van der Waals surface area (Å²) in [4.78, 5) is 40.0. The van der Waals surface area contributed by atoms with Crippen molar-refractivity contribution >= 4 is 23.5 Å². The number of nitrogens with one attached hydrogen (secondary N) is 1. The summed E-state index contributed by atoms with van der Waals surface area (Å²) in [6.07, 6.45) is -0.722. The Labute approximate surface area is 205 Å². The first kappa shape index (κ1) is 25.0. The van der Waals surface area contributed by atoms with Crippen LogP contribution in [0.1, 0.15) is 34.9 Å². The number of benzene rings is 3.